The van der Waals surface area contributed by atoms with E-state index in [9.17, 15) is 4.79 Å². The van der Waals surface area contributed by atoms with Gasteiger partial charge in [-0.05, 0) is 38.7 Å². The van der Waals surface area contributed by atoms with E-state index in [4.69, 9.17) is 4.74 Å². The van der Waals surface area contributed by atoms with Crippen LogP contribution in [0.25, 0.3) is 0 Å². The van der Waals surface area contributed by atoms with Crippen LogP contribution in [0.1, 0.15) is 37.4 Å². The van der Waals surface area contributed by atoms with Crippen LogP contribution >= 0.6 is 0 Å². The molecule has 2 N–H and O–H groups in total. The summed E-state index contributed by atoms with van der Waals surface area (Å²) in [4.78, 5) is 11.5. The molecular weight excluding hydrogens is 230 g/mol. The van der Waals surface area contributed by atoms with E-state index in [0.29, 0.717) is 13.0 Å². The van der Waals surface area contributed by atoms with Gasteiger partial charge in [0.15, 0.2) is 0 Å². The number of ether oxygens (including phenoxy) is 1. The summed E-state index contributed by atoms with van der Waals surface area (Å²) in [7, 11) is 1.66. The van der Waals surface area contributed by atoms with Gasteiger partial charge < -0.3 is 10.1 Å². The number of carbonyl (C=O) groups is 1. The van der Waals surface area contributed by atoms with Gasteiger partial charge >= 0.3 is 0 Å². The standard InChI is InChI=1S/C13H23N3O2/c1-10(18-3)6-7-13(17)14-8-4-5-12-9-15-16-11(12)2/h9-10H,4-8H2,1-3H3,(H,14,17)(H,15,16). The zero-order valence-corrected chi connectivity index (χ0v) is 11.5. The van der Waals surface area contributed by atoms with Gasteiger partial charge in [-0.3, -0.25) is 9.89 Å². The fraction of sp³-hybridized carbons (Fsp3) is 0.692. The van der Waals surface area contributed by atoms with Crippen LogP contribution in [0, 0.1) is 6.92 Å². The summed E-state index contributed by atoms with van der Waals surface area (Å²) in [6, 6.07) is 0. The van der Waals surface area contributed by atoms with E-state index in [1.807, 2.05) is 20.0 Å². The molecule has 0 saturated carbocycles. The third-order valence-corrected chi connectivity index (χ3v) is 3.06. The number of aryl methyl sites for hydroxylation is 2. The van der Waals surface area contributed by atoms with E-state index in [2.05, 4.69) is 15.5 Å². The van der Waals surface area contributed by atoms with Gasteiger partial charge in [0, 0.05) is 25.8 Å². The van der Waals surface area contributed by atoms with Crippen molar-refractivity contribution in [2.45, 2.75) is 45.6 Å². The van der Waals surface area contributed by atoms with E-state index in [-0.39, 0.29) is 12.0 Å². The van der Waals surface area contributed by atoms with E-state index in [0.717, 1.165) is 25.0 Å². The van der Waals surface area contributed by atoms with Crippen molar-refractivity contribution in [1.29, 1.82) is 0 Å². The molecule has 5 nitrogen and oxygen atoms in total. The summed E-state index contributed by atoms with van der Waals surface area (Å²) in [5.74, 6) is 0.0998. The normalized spacial score (nSPS) is 12.4. The number of hydrogen-bond acceptors (Lipinski definition) is 3. The smallest absolute Gasteiger partial charge is 0.220 e. The maximum atomic E-state index is 11.5. The molecule has 0 saturated heterocycles. The maximum Gasteiger partial charge on any atom is 0.220 e. The molecule has 1 rings (SSSR count). The topological polar surface area (TPSA) is 67.0 Å². The number of carbonyl (C=O) groups excluding carboxylic acids is 1. The molecule has 1 aromatic rings. The lowest BCUT2D eigenvalue weighted by Crippen LogP contribution is -2.25. The summed E-state index contributed by atoms with van der Waals surface area (Å²) in [6.07, 6.45) is 5.16. The van der Waals surface area contributed by atoms with Crippen LogP contribution in [0.3, 0.4) is 0 Å². The Morgan fingerprint density at radius 3 is 3.00 bits per heavy atom. The number of H-pyrrole nitrogens is 1. The second kappa shape index (κ2) is 7.87. The van der Waals surface area contributed by atoms with Gasteiger partial charge in [-0.1, -0.05) is 0 Å². The minimum atomic E-state index is 0.0998. The van der Waals surface area contributed by atoms with Gasteiger partial charge in [-0.15, -0.1) is 0 Å². The zero-order valence-electron chi connectivity index (χ0n) is 11.5. The summed E-state index contributed by atoms with van der Waals surface area (Å²) < 4.78 is 5.10. The molecule has 0 spiro atoms. The molecule has 0 aliphatic carbocycles. The van der Waals surface area contributed by atoms with Crippen molar-refractivity contribution >= 4 is 5.91 Å². The molecule has 0 bridgehead atoms. The Hall–Kier alpha value is -1.36. The van der Waals surface area contributed by atoms with Crippen LogP contribution in [-0.2, 0) is 16.0 Å². The molecule has 0 aromatic carbocycles. The highest BCUT2D eigenvalue weighted by Crippen LogP contribution is 2.05. The monoisotopic (exact) mass is 253 g/mol. The van der Waals surface area contributed by atoms with Crippen LogP contribution < -0.4 is 5.32 Å². The number of aromatic amines is 1. The summed E-state index contributed by atoms with van der Waals surface area (Å²) in [5, 5.41) is 9.79. The van der Waals surface area contributed by atoms with Gasteiger partial charge in [0.1, 0.15) is 0 Å². The number of hydrogen-bond donors (Lipinski definition) is 2. The maximum absolute atomic E-state index is 11.5. The molecule has 1 amide bonds. The van der Waals surface area contributed by atoms with E-state index in [1.165, 1.54) is 5.56 Å². The lowest BCUT2D eigenvalue weighted by Gasteiger charge is -2.09. The fourth-order valence-electron chi connectivity index (χ4n) is 1.67. The molecule has 0 fully saturated rings. The van der Waals surface area contributed by atoms with Crippen molar-refractivity contribution in [1.82, 2.24) is 15.5 Å². The SMILES string of the molecule is COC(C)CCC(=O)NCCCc1cn[nH]c1C. The third kappa shape index (κ3) is 5.31. The van der Waals surface area contributed by atoms with Crippen LogP contribution in [-0.4, -0.2) is 35.9 Å². The fourth-order valence-corrected chi connectivity index (χ4v) is 1.67. The average Bonchev–Trinajstić information content (AvgIpc) is 2.77. The zero-order chi connectivity index (χ0) is 13.4. The van der Waals surface area contributed by atoms with Crippen molar-refractivity contribution in [2.24, 2.45) is 0 Å². The second-order valence-electron chi connectivity index (χ2n) is 4.56. The number of amides is 1. The number of aromatic nitrogens is 2. The first kappa shape index (κ1) is 14.7. The number of nitrogens with zero attached hydrogens (tertiary/aromatic N) is 1. The van der Waals surface area contributed by atoms with Gasteiger partial charge in [0.2, 0.25) is 5.91 Å². The predicted molar refractivity (Wildman–Crippen MR) is 70.4 cm³/mol. The highest BCUT2D eigenvalue weighted by Gasteiger charge is 2.05. The van der Waals surface area contributed by atoms with E-state index < -0.39 is 0 Å². The highest BCUT2D eigenvalue weighted by molar-refractivity contribution is 5.75. The molecule has 1 unspecified atom stereocenters. The third-order valence-electron chi connectivity index (χ3n) is 3.06. The lowest BCUT2D eigenvalue weighted by atomic mass is 10.1. The summed E-state index contributed by atoms with van der Waals surface area (Å²) in [5.41, 5.74) is 2.33. The Bertz CT molecular complexity index is 363. The molecule has 0 aliphatic heterocycles. The molecule has 1 atom stereocenters. The Morgan fingerprint density at radius 2 is 2.39 bits per heavy atom. The van der Waals surface area contributed by atoms with Crippen LogP contribution in [0.5, 0.6) is 0 Å². The van der Waals surface area contributed by atoms with Crippen molar-refractivity contribution < 1.29 is 9.53 Å². The van der Waals surface area contributed by atoms with Gasteiger partial charge in [-0.25, -0.2) is 0 Å². The van der Waals surface area contributed by atoms with Gasteiger partial charge in [0.05, 0.1) is 12.3 Å². The summed E-state index contributed by atoms with van der Waals surface area (Å²) >= 11 is 0. The molecule has 0 radical (unpaired) electrons. The molecule has 18 heavy (non-hydrogen) atoms. The average molecular weight is 253 g/mol. The molecule has 1 aromatic heterocycles. The Labute approximate surface area is 108 Å². The molecular formula is C13H23N3O2. The minimum Gasteiger partial charge on any atom is -0.382 e. The molecule has 0 aliphatic rings. The first-order valence-electron chi connectivity index (χ1n) is 6.41. The Balaban J connectivity index is 2.07. The van der Waals surface area contributed by atoms with E-state index >= 15 is 0 Å². The minimum absolute atomic E-state index is 0.0998. The highest BCUT2D eigenvalue weighted by atomic mass is 16.5. The van der Waals surface area contributed by atoms with Gasteiger partial charge in [-0.2, -0.15) is 5.10 Å². The molecule has 102 valence electrons. The van der Waals surface area contributed by atoms with Crippen molar-refractivity contribution in [3.63, 3.8) is 0 Å². The van der Waals surface area contributed by atoms with Crippen LogP contribution in [0.4, 0.5) is 0 Å². The van der Waals surface area contributed by atoms with Crippen molar-refractivity contribution in [3.8, 4) is 0 Å². The largest absolute Gasteiger partial charge is 0.382 e. The quantitative estimate of drug-likeness (QED) is 0.691. The lowest BCUT2D eigenvalue weighted by molar-refractivity contribution is -0.121. The number of methoxy groups -OCH3 is 1. The molecule has 5 heteroatoms. The number of rotatable bonds is 8. The second-order valence-corrected chi connectivity index (χ2v) is 4.56. The first-order valence-corrected chi connectivity index (χ1v) is 6.41. The van der Waals surface area contributed by atoms with Crippen molar-refractivity contribution in [3.05, 3.63) is 17.5 Å². The predicted octanol–water partition coefficient (Wildman–Crippen LogP) is 1.58. The van der Waals surface area contributed by atoms with Crippen molar-refractivity contribution in [2.75, 3.05) is 13.7 Å². The van der Waals surface area contributed by atoms with Gasteiger partial charge in [0.25, 0.3) is 0 Å². The molecule has 1 heterocycles. The first-order chi connectivity index (χ1) is 8.63. The summed E-state index contributed by atoms with van der Waals surface area (Å²) in [6.45, 7) is 4.69. The van der Waals surface area contributed by atoms with E-state index in [1.54, 1.807) is 7.11 Å². The Morgan fingerprint density at radius 1 is 1.61 bits per heavy atom. The Kier molecular flexibility index (Phi) is 6.43. The van der Waals surface area contributed by atoms with Crippen LogP contribution in [0.15, 0.2) is 6.20 Å². The number of nitrogens with one attached hydrogen (secondary N) is 2. The van der Waals surface area contributed by atoms with Crippen LogP contribution in [0.2, 0.25) is 0 Å².